The summed E-state index contributed by atoms with van der Waals surface area (Å²) in [5, 5.41) is 15.0. The van der Waals surface area contributed by atoms with E-state index in [1.807, 2.05) is 30.3 Å². The van der Waals surface area contributed by atoms with Crippen LogP contribution in [-0.2, 0) is 0 Å². The Balaban J connectivity index is 1.98. The molecule has 19 heavy (non-hydrogen) atoms. The lowest BCUT2D eigenvalue weighted by atomic mass is 10.0. The number of nitrogens with one attached hydrogen (secondary N) is 1. The summed E-state index contributed by atoms with van der Waals surface area (Å²) >= 11 is 0. The third kappa shape index (κ3) is 2.29. The number of hydrogen-bond acceptors (Lipinski definition) is 2. The second-order valence-corrected chi connectivity index (χ2v) is 5.58. The van der Waals surface area contributed by atoms with Crippen LogP contribution in [0.2, 0.25) is 0 Å². The van der Waals surface area contributed by atoms with Gasteiger partial charge in [-0.3, -0.25) is 0 Å². The molecule has 2 aromatic rings. The summed E-state index contributed by atoms with van der Waals surface area (Å²) in [4.78, 5) is 0. The summed E-state index contributed by atoms with van der Waals surface area (Å²) in [5.74, 6) is 0.821. The van der Waals surface area contributed by atoms with Gasteiger partial charge in [0.15, 0.2) is 0 Å². The summed E-state index contributed by atoms with van der Waals surface area (Å²) < 4.78 is 0. The fourth-order valence-electron chi connectivity index (χ4n) is 3.08. The second-order valence-electron chi connectivity index (χ2n) is 5.58. The van der Waals surface area contributed by atoms with E-state index in [4.69, 9.17) is 0 Å². The Morgan fingerprint density at radius 3 is 2.58 bits per heavy atom. The average Bonchev–Trinajstić information content (AvgIpc) is 2.85. The van der Waals surface area contributed by atoms with E-state index in [0.717, 1.165) is 27.9 Å². The monoisotopic (exact) mass is 250 g/mol. The first-order chi connectivity index (χ1) is 9.28. The van der Waals surface area contributed by atoms with Gasteiger partial charge in [-0.1, -0.05) is 31.2 Å². The van der Waals surface area contributed by atoms with Crippen LogP contribution in [0.3, 0.4) is 0 Å². The first-order valence-electron chi connectivity index (χ1n) is 6.96. The van der Waals surface area contributed by atoms with Crippen molar-refractivity contribution < 1.29 is 0 Å². The smallest absolute Gasteiger partial charge is 0.0998 e. The van der Waals surface area contributed by atoms with E-state index in [1.54, 1.807) is 0 Å². The Morgan fingerprint density at radius 2 is 1.89 bits per heavy atom. The van der Waals surface area contributed by atoms with Crippen LogP contribution >= 0.6 is 0 Å². The molecule has 2 atom stereocenters. The molecule has 0 amide bonds. The SMILES string of the molecule is CC1CCC(Nc2ccc(C#N)c3ccccc23)C1. The molecule has 1 fully saturated rings. The molecule has 0 aliphatic heterocycles. The van der Waals surface area contributed by atoms with Crippen molar-refractivity contribution in [2.24, 2.45) is 5.92 Å². The summed E-state index contributed by atoms with van der Waals surface area (Å²) in [6.07, 6.45) is 3.80. The Labute approximate surface area is 114 Å². The van der Waals surface area contributed by atoms with Crippen LogP contribution in [0.25, 0.3) is 10.8 Å². The molecule has 2 heteroatoms. The van der Waals surface area contributed by atoms with Crippen LogP contribution in [-0.4, -0.2) is 6.04 Å². The molecule has 0 aromatic heterocycles. The van der Waals surface area contributed by atoms with Crippen molar-refractivity contribution in [2.45, 2.75) is 32.2 Å². The molecule has 0 spiro atoms. The van der Waals surface area contributed by atoms with E-state index in [0.29, 0.717) is 6.04 Å². The summed E-state index contributed by atoms with van der Waals surface area (Å²) in [6, 6.07) is 15.0. The summed E-state index contributed by atoms with van der Waals surface area (Å²) in [5.41, 5.74) is 1.91. The van der Waals surface area contributed by atoms with Gasteiger partial charge in [-0.15, -0.1) is 0 Å². The van der Waals surface area contributed by atoms with Crippen molar-refractivity contribution in [3.63, 3.8) is 0 Å². The number of nitrogens with zero attached hydrogens (tertiary/aromatic N) is 1. The average molecular weight is 250 g/mol. The van der Waals surface area contributed by atoms with Crippen molar-refractivity contribution >= 4 is 16.5 Å². The van der Waals surface area contributed by atoms with Crippen molar-refractivity contribution in [3.05, 3.63) is 42.0 Å². The molecular formula is C17H18N2. The highest BCUT2D eigenvalue weighted by molar-refractivity contribution is 5.97. The van der Waals surface area contributed by atoms with Gasteiger partial charge in [-0.2, -0.15) is 5.26 Å². The Bertz CT molecular complexity index is 639. The lowest BCUT2D eigenvalue weighted by molar-refractivity contribution is 0.603. The molecule has 1 N–H and O–H groups in total. The van der Waals surface area contributed by atoms with Crippen LogP contribution in [0.5, 0.6) is 0 Å². The Morgan fingerprint density at radius 1 is 1.11 bits per heavy atom. The maximum absolute atomic E-state index is 9.18. The van der Waals surface area contributed by atoms with Gasteiger partial charge in [0.2, 0.25) is 0 Å². The first kappa shape index (κ1) is 12.0. The highest BCUT2D eigenvalue weighted by Gasteiger charge is 2.21. The number of rotatable bonds is 2. The zero-order valence-corrected chi connectivity index (χ0v) is 11.2. The highest BCUT2D eigenvalue weighted by Crippen LogP contribution is 2.31. The third-order valence-corrected chi connectivity index (χ3v) is 4.10. The predicted molar refractivity (Wildman–Crippen MR) is 79.1 cm³/mol. The molecule has 0 bridgehead atoms. The Hall–Kier alpha value is -2.01. The quantitative estimate of drug-likeness (QED) is 0.862. The molecule has 0 heterocycles. The summed E-state index contributed by atoms with van der Waals surface area (Å²) in [7, 11) is 0. The van der Waals surface area contributed by atoms with E-state index < -0.39 is 0 Å². The molecule has 2 unspecified atom stereocenters. The molecule has 1 aliphatic carbocycles. The fourth-order valence-corrected chi connectivity index (χ4v) is 3.08. The van der Waals surface area contributed by atoms with Crippen molar-refractivity contribution in [2.75, 3.05) is 5.32 Å². The van der Waals surface area contributed by atoms with Gasteiger partial charge in [0.1, 0.15) is 0 Å². The van der Waals surface area contributed by atoms with Crippen molar-refractivity contribution in [1.29, 1.82) is 5.26 Å². The minimum Gasteiger partial charge on any atom is -0.382 e. The van der Waals surface area contributed by atoms with Gasteiger partial charge in [0.05, 0.1) is 11.6 Å². The number of nitriles is 1. The molecular weight excluding hydrogens is 232 g/mol. The van der Waals surface area contributed by atoms with Crippen LogP contribution in [0, 0.1) is 17.2 Å². The molecule has 0 saturated heterocycles. The standard InChI is InChI=1S/C17H18N2/c1-12-6-8-14(10-12)19-17-9-7-13(11-18)15-4-2-3-5-16(15)17/h2-5,7,9,12,14,19H,6,8,10H2,1H3. The van der Waals surface area contributed by atoms with E-state index in [9.17, 15) is 5.26 Å². The third-order valence-electron chi connectivity index (χ3n) is 4.10. The van der Waals surface area contributed by atoms with E-state index in [2.05, 4.69) is 24.4 Å². The molecule has 2 aromatic carbocycles. The van der Waals surface area contributed by atoms with E-state index in [-0.39, 0.29) is 0 Å². The van der Waals surface area contributed by atoms with Crippen molar-refractivity contribution in [3.8, 4) is 6.07 Å². The van der Waals surface area contributed by atoms with E-state index in [1.165, 1.54) is 19.3 Å². The minimum atomic E-state index is 0.575. The Kier molecular flexibility index (Phi) is 3.13. The molecule has 2 nitrogen and oxygen atoms in total. The highest BCUT2D eigenvalue weighted by atomic mass is 14.9. The van der Waals surface area contributed by atoms with Crippen LogP contribution in [0.1, 0.15) is 31.7 Å². The lowest BCUT2D eigenvalue weighted by Crippen LogP contribution is -2.15. The molecule has 96 valence electrons. The molecule has 0 radical (unpaired) electrons. The first-order valence-corrected chi connectivity index (χ1v) is 6.96. The molecule has 1 aliphatic rings. The van der Waals surface area contributed by atoms with Gasteiger partial charge in [-0.25, -0.2) is 0 Å². The van der Waals surface area contributed by atoms with Crippen molar-refractivity contribution in [1.82, 2.24) is 0 Å². The minimum absolute atomic E-state index is 0.575. The maximum Gasteiger partial charge on any atom is 0.0998 e. The fraction of sp³-hybridized carbons (Fsp3) is 0.353. The predicted octanol–water partition coefficient (Wildman–Crippen LogP) is 4.31. The second kappa shape index (κ2) is 4.93. The van der Waals surface area contributed by atoms with Crippen LogP contribution < -0.4 is 5.32 Å². The van der Waals surface area contributed by atoms with Gasteiger partial charge in [0.25, 0.3) is 0 Å². The zero-order valence-electron chi connectivity index (χ0n) is 11.2. The van der Waals surface area contributed by atoms with Crippen LogP contribution in [0.15, 0.2) is 36.4 Å². The molecule has 1 saturated carbocycles. The van der Waals surface area contributed by atoms with Gasteiger partial charge < -0.3 is 5.32 Å². The normalized spacial score (nSPS) is 22.3. The maximum atomic E-state index is 9.18. The van der Waals surface area contributed by atoms with Gasteiger partial charge in [0, 0.05) is 22.5 Å². The topological polar surface area (TPSA) is 35.8 Å². The number of benzene rings is 2. The zero-order chi connectivity index (χ0) is 13.2. The largest absolute Gasteiger partial charge is 0.382 e. The van der Waals surface area contributed by atoms with Crippen LogP contribution in [0.4, 0.5) is 5.69 Å². The molecule has 3 rings (SSSR count). The van der Waals surface area contributed by atoms with Gasteiger partial charge in [-0.05, 0) is 37.3 Å². The number of anilines is 1. The lowest BCUT2D eigenvalue weighted by Gasteiger charge is -2.16. The summed E-state index contributed by atoms with van der Waals surface area (Å²) in [6.45, 7) is 2.32. The number of fused-ring (bicyclic) bond motifs is 1. The van der Waals surface area contributed by atoms with E-state index >= 15 is 0 Å². The number of hydrogen-bond donors (Lipinski definition) is 1. The van der Waals surface area contributed by atoms with Gasteiger partial charge >= 0.3 is 0 Å².